The second-order valence-corrected chi connectivity index (χ2v) is 4.61. The number of carbonyl (C=O) groups is 1. The molecule has 0 bridgehead atoms. The Morgan fingerprint density at radius 1 is 1.50 bits per heavy atom. The zero-order valence-electron chi connectivity index (χ0n) is 9.73. The van der Waals surface area contributed by atoms with Gasteiger partial charge >= 0.3 is 5.97 Å². The summed E-state index contributed by atoms with van der Waals surface area (Å²) >= 11 is 0. The molecule has 0 saturated heterocycles. The lowest BCUT2D eigenvalue weighted by atomic mass is 10.2. The summed E-state index contributed by atoms with van der Waals surface area (Å²) in [5.74, 6) is -0.855. The maximum absolute atomic E-state index is 10.8. The second-order valence-electron chi connectivity index (χ2n) is 4.61. The molecule has 2 heterocycles. The Balaban J connectivity index is 1.68. The molecule has 2 atom stereocenters. The van der Waals surface area contributed by atoms with Crippen molar-refractivity contribution in [3.63, 3.8) is 0 Å². The smallest absolute Gasteiger partial charge is 0.307 e. The molecule has 0 radical (unpaired) electrons. The molecule has 0 aromatic carbocycles. The number of aliphatic carboxylic acids is 1. The van der Waals surface area contributed by atoms with Crippen LogP contribution in [0.15, 0.2) is 37.1 Å². The van der Waals surface area contributed by atoms with E-state index in [1.165, 1.54) is 0 Å². The predicted octanol–water partition coefficient (Wildman–Crippen LogP) is 1.51. The third kappa shape index (κ3) is 2.11. The molecule has 2 aromatic rings. The van der Waals surface area contributed by atoms with Crippen molar-refractivity contribution in [2.24, 2.45) is 5.92 Å². The maximum atomic E-state index is 10.8. The van der Waals surface area contributed by atoms with Gasteiger partial charge in [0, 0.05) is 36.7 Å². The summed E-state index contributed by atoms with van der Waals surface area (Å²) < 4.78 is 1.97. The van der Waals surface area contributed by atoms with Gasteiger partial charge < -0.3 is 9.67 Å². The van der Waals surface area contributed by atoms with Gasteiger partial charge in [0.1, 0.15) is 0 Å². The van der Waals surface area contributed by atoms with Crippen LogP contribution in [0.3, 0.4) is 0 Å². The Morgan fingerprint density at radius 2 is 2.39 bits per heavy atom. The molecule has 0 unspecified atom stereocenters. The third-order valence-corrected chi connectivity index (χ3v) is 3.26. The van der Waals surface area contributed by atoms with E-state index in [-0.39, 0.29) is 11.8 Å². The summed E-state index contributed by atoms with van der Waals surface area (Å²) in [7, 11) is 0. The van der Waals surface area contributed by atoms with Crippen LogP contribution >= 0.6 is 0 Å². The van der Waals surface area contributed by atoms with Gasteiger partial charge in [0.15, 0.2) is 0 Å². The van der Waals surface area contributed by atoms with Gasteiger partial charge in [0.25, 0.3) is 0 Å². The standard InChI is InChI=1S/C13H13N3O2/c17-13(18)11-5-10(11)12-2-1-9(6-15-12)7-16-4-3-14-8-16/h1-4,6,8,10-11H,5,7H2,(H,17,18)/t10-,11-/m0/s1. The van der Waals surface area contributed by atoms with Crippen molar-refractivity contribution >= 4 is 5.97 Å². The molecule has 1 saturated carbocycles. The fourth-order valence-corrected chi connectivity index (χ4v) is 2.13. The van der Waals surface area contributed by atoms with Crippen LogP contribution in [0.4, 0.5) is 0 Å². The van der Waals surface area contributed by atoms with Crippen LogP contribution in [0, 0.1) is 5.92 Å². The number of aromatic nitrogens is 3. The van der Waals surface area contributed by atoms with Gasteiger partial charge in [-0.15, -0.1) is 0 Å². The highest BCUT2D eigenvalue weighted by atomic mass is 16.4. The van der Waals surface area contributed by atoms with E-state index in [2.05, 4.69) is 9.97 Å². The largest absolute Gasteiger partial charge is 0.481 e. The van der Waals surface area contributed by atoms with Gasteiger partial charge in [0.05, 0.1) is 12.2 Å². The first-order valence-electron chi connectivity index (χ1n) is 5.87. The fraction of sp³-hybridized carbons (Fsp3) is 0.308. The number of hydrogen-bond donors (Lipinski definition) is 1. The SMILES string of the molecule is O=C(O)[C@H]1C[C@@H]1c1ccc(Cn2ccnc2)cn1. The van der Waals surface area contributed by atoms with Crippen LogP contribution in [-0.4, -0.2) is 25.6 Å². The first-order valence-corrected chi connectivity index (χ1v) is 5.87. The molecule has 1 aliphatic rings. The molecule has 5 nitrogen and oxygen atoms in total. The minimum Gasteiger partial charge on any atom is -0.481 e. The first-order chi connectivity index (χ1) is 8.74. The van der Waals surface area contributed by atoms with Gasteiger partial charge in [-0.05, 0) is 18.1 Å². The van der Waals surface area contributed by atoms with E-state index >= 15 is 0 Å². The molecule has 92 valence electrons. The summed E-state index contributed by atoms with van der Waals surface area (Å²) in [4.78, 5) is 19.1. The number of imidazole rings is 1. The average molecular weight is 243 g/mol. The minimum atomic E-state index is -0.718. The van der Waals surface area contributed by atoms with Crippen LogP contribution in [-0.2, 0) is 11.3 Å². The molecule has 2 aromatic heterocycles. The van der Waals surface area contributed by atoms with E-state index in [1.54, 1.807) is 12.5 Å². The van der Waals surface area contributed by atoms with Crippen molar-refractivity contribution in [2.75, 3.05) is 0 Å². The Labute approximate surface area is 104 Å². The number of hydrogen-bond acceptors (Lipinski definition) is 3. The lowest BCUT2D eigenvalue weighted by molar-refractivity contribution is -0.138. The van der Waals surface area contributed by atoms with Crippen LogP contribution in [0.25, 0.3) is 0 Å². The average Bonchev–Trinajstić information content (AvgIpc) is 3.02. The van der Waals surface area contributed by atoms with Crippen LogP contribution in [0.5, 0.6) is 0 Å². The highest BCUT2D eigenvalue weighted by molar-refractivity contribution is 5.75. The summed E-state index contributed by atoms with van der Waals surface area (Å²) in [6.45, 7) is 0.736. The molecule has 0 spiro atoms. The van der Waals surface area contributed by atoms with E-state index in [0.717, 1.165) is 17.8 Å². The summed E-state index contributed by atoms with van der Waals surface area (Å²) in [5.41, 5.74) is 1.97. The molecule has 0 aliphatic heterocycles. The van der Waals surface area contributed by atoms with Crippen molar-refractivity contribution in [1.29, 1.82) is 0 Å². The van der Waals surface area contributed by atoms with E-state index in [1.807, 2.05) is 29.1 Å². The molecular weight excluding hydrogens is 230 g/mol. The quantitative estimate of drug-likeness (QED) is 0.883. The normalized spacial score (nSPS) is 21.8. The lowest BCUT2D eigenvalue weighted by Gasteiger charge is -2.03. The second kappa shape index (κ2) is 4.25. The van der Waals surface area contributed by atoms with Gasteiger partial charge in [-0.25, -0.2) is 4.98 Å². The van der Waals surface area contributed by atoms with E-state index in [9.17, 15) is 4.79 Å². The molecule has 1 fully saturated rings. The number of carboxylic acids is 1. The molecule has 5 heteroatoms. The molecular formula is C13H13N3O2. The van der Waals surface area contributed by atoms with E-state index in [0.29, 0.717) is 6.42 Å². The van der Waals surface area contributed by atoms with Crippen molar-refractivity contribution in [2.45, 2.75) is 18.9 Å². The summed E-state index contributed by atoms with van der Waals surface area (Å²) in [6.07, 6.45) is 7.92. The Bertz CT molecular complexity index is 548. The first kappa shape index (κ1) is 11.0. The van der Waals surface area contributed by atoms with E-state index in [4.69, 9.17) is 5.11 Å². The zero-order valence-corrected chi connectivity index (χ0v) is 9.73. The fourth-order valence-electron chi connectivity index (χ4n) is 2.13. The van der Waals surface area contributed by atoms with Crippen molar-refractivity contribution < 1.29 is 9.90 Å². The van der Waals surface area contributed by atoms with Gasteiger partial charge in [-0.3, -0.25) is 9.78 Å². The molecule has 1 aliphatic carbocycles. The zero-order chi connectivity index (χ0) is 12.5. The molecule has 18 heavy (non-hydrogen) atoms. The molecule has 0 amide bonds. The highest BCUT2D eigenvalue weighted by Crippen LogP contribution is 2.46. The minimum absolute atomic E-state index is 0.102. The monoisotopic (exact) mass is 243 g/mol. The van der Waals surface area contributed by atoms with Crippen LogP contribution < -0.4 is 0 Å². The maximum Gasteiger partial charge on any atom is 0.307 e. The van der Waals surface area contributed by atoms with Crippen molar-refractivity contribution in [3.05, 3.63) is 48.3 Å². The van der Waals surface area contributed by atoms with Crippen molar-refractivity contribution in [3.8, 4) is 0 Å². The number of rotatable bonds is 4. The number of pyridine rings is 1. The highest BCUT2D eigenvalue weighted by Gasteiger charge is 2.45. The van der Waals surface area contributed by atoms with Gasteiger partial charge in [-0.2, -0.15) is 0 Å². The van der Waals surface area contributed by atoms with Crippen LogP contribution in [0.2, 0.25) is 0 Å². The topological polar surface area (TPSA) is 68.0 Å². The predicted molar refractivity (Wildman–Crippen MR) is 64.0 cm³/mol. The summed E-state index contributed by atoms with van der Waals surface area (Å²) in [5, 5.41) is 8.87. The van der Waals surface area contributed by atoms with Gasteiger partial charge in [-0.1, -0.05) is 6.07 Å². The van der Waals surface area contributed by atoms with Crippen LogP contribution in [0.1, 0.15) is 23.6 Å². The third-order valence-electron chi connectivity index (χ3n) is 3.26. The van der Waals surface area contributed by atoms with Gasteiger partial charge in [0.2, 0.25) is 0 Å². The number of carboxylic acid groups (broad SMARTS) is 1. The number of nitrogens with zero attached hydrogens (tertiary/aromatic N) is 3. The Kier molecular flexibility index (Phi) is 2.59. The Morgan fingerprint density at radius 3 is 2.94 bits per heavy atom. The summed E-state index contributed by atoms with van der Waals surface area (Å²) in [6, 6.07) is 3.93. The molecule has 1 N–H and O–H groups in total. The Hall–Kier alpha value is -2.17. The van der Waals surface area contributed by atoms with E-state index < -0.39 is 5.97 Å². The lowest BCUT2D eigenvalue weighted by Crippen LogP contribution is -2.01. The molecule has 3 rings (SSSR count). The van der Waals surface area contributed by atoms with Crippen molar-refractivity contribution in [1.82, 2.24) is 14.5 Å².